The van der Waals surface area contributed by atoms with E-state index in [-0.39, 0.29) is 12.2 Å². The van der Waals surface area contributed by atoms with E-state index in [1.165, 1.54) is 24.3 Å². The minimum atomic E-state index is -1.59. The minimum Gasteiger partial charge on any atom is -0.508 e. The normalized spacial score (nSPS) is 17.7. The highest BCUT2D eigenvalue weighted by Crippen LogP contribution is 2.12. The van der Waals surface area contributed by atoms with Crippen molar-refractivity contribution in [1.82, 2.24) is 21.3 Å². The maximum Gasteiger partial charge on any atom is 0.326 e. The van der Waals surface area contributed by atoms with Gasteiger partial charge in [0.05, 0.1) is 19.1 Å². The van der Waals surface area contributed by atoms with Crippen LogP contribution in [0.25, 0.3) is 0 Å². The van der Waals surface area contributed by atoms with Gasteiger partial charge in [-0.15, -0.1) is 0 Å². The number of carboxylic acid groups (broad SMARTS) is 2. The van der Waals surface area contributed by atoms with Gasteiger partial charge in [0.1, 0.15) is 23.9 Å². The molecule has 3 amide bonds. The summed E-state index contributed by atoms with van der Waals surface area (Å²) in [6.07, 6.45) is 0.365. The summed E-state index contributed by atoms with van der Waals surface area (Å²) in [5.74, 6) is -5.36. The predicted molar refractivity (Wildman–Crippen MR) is 116 cm³/mol. The van der Waals surface area contributed by atoms with Gasteiger partial charge in [-0.2, -0.15) is 0 Å². The lowest BCUT2D eigenvalue weighted by Gasteiger charge is -2.23. The number of hydrogen-bond donors (Lipinski definition) is 8. The molecule has 34 heavy (non-hydrogen) atoms. The molecule has 13 nitrogen and oxygen atoms in total. The summed E-state index contributed by atoms with van der Waals surface area (Å²) in [4.78, 5) is 60.2. The fourth-order valence-electron chi connectivity index (χ4n) is 3.37. The Kier molecular flexibility index (Phi) is 9.76. The van der Waals surface area contributed by atoms with Gasteiger partial charge >= 0.3 is 11.9 Å². The molecule has 0 aliphatic carbocycles. The zero-order valence-electron chi connectivity index (χ0n) is 18.2. The van der Waals surface area contributed by atoms with Crippen LogP contribution in [0.15, 0.2) is 24.3 Å². The molecule has 186 valence electrons. The summed E-state index contributed by atoms with van der Waals surface area (Å²) >= 11 is 0. The molecule has 13 heteroatoms. The third kappa shape index (κ3) is 8.01. The number of aromatic hydroxyl groups is 1. The summed E-state index contributed by atoms with van der Waals surface area (Å²) < 4.78 is 0. The first-order valence-electron chi connectivity index (χ1n) is 10.6. The van der Waals surface area contributed by atoms with Gasteiger partial charge < -0.3 is 41.7 Å². The van der Waals surface area contributed by atoms with E-state index in [1.807, 2.05) is 0 Å². The van der Waals surface area contributed by atoms with Gasteiger partial charge in [0.2, 0.25) is 17.7 Å². The highest BCUT2D eigenvalue weighted by atomic mass is 16.4. The van der Waals surface area contributed by atoms with Crippen LogP contribution in [0, 0.1) is 0 Å². The van der Waals surface area contributed by atoms with Crippen LogP contribution in [0.3, 0.4) is 0 Å². The summed E-state index contributed by atoms with van der Waals surface area (Å²) in [5.41, 5.74) is 0.500. The Hall–Kier alpha value is -3.71. The Bertz CT molecular complexity index is 900. The van der Waals surface area contributed by atoms with Crippen molar-refractivity contribution in [2.75, 3.05) is 13.2 Å². The van der Waals surface area contributed by atoms with E-state index < -0.39 is 66.9 Å². The molecule has 1 saturated heterocycles. The number of benzene rings is 1. The molecule has 8 N–H and O–H groups in total. The lowest BCUT2D eigenvalue weighted by atomic mass is 10.1. The van der Waals surface area contributed by atoms with E-state index >= 15 is 0 Å². The first-order valence-corrected chi connectivity index (χ1v) is 10.6. The lowest BCUT2D eigenvalue weighted by Crippen LogP contribution is -2.58. The van der Waals surface area contributed by atoms with Crippen LogP contribution in [0.1, 0.15) is 24.8 Å². The molecule has 0 bridgehead atoms. The Morgan fingerprint density at radius 2 is 1.56 bits per heavy atom. The Labute approximate surface area is 194 Å². The van der Waals surface area contributed by atoms with Crippen LogP contribution in [0.2, 0.25) is 0 Å². The molecule has 2 rings (SSSR count). The van der Waals surface area contributed by atoms with E-state index in [2.05, 4.69) is 21.3 Å². The zero-order valence-corrected chi connectivity index (χ0v) is 18.2. The molecular formula is C21H28N4O9. The van der Waals surface area contributed by atoms with Crippen LogP contribution in [0.4, 0.5) is 0 Å². The topological polar surface area (TPSA) is 214 Å². The van der Waals surface area contributed by atoms with Gasteiger partial charge in [-0.05, 0) is 37.1 Å². The first-order chi connectivity index (χ1) is 16.1. The van der Waals surface area contributed by atoms with E-state index in [4.69, 9.17) is 5.11 Å². The number of amides is 3. The highest BCUT2D eigenvalue weighted by molar-refractivity contribution is 5.95. The predicted octanol–water partition coefficient (Wildman–Crippen LogP) is -2.31. The number of aliphatic hydroxyl groups is 1. The van der Waals surface area contributed by atoms with Crippen molar-refractivity contribution < 1.29 is 44.4 Å². The van der Waals surface area contributed by atoms with E-state index in [9.17, 15) is 39.3 Å². The zero-order chi connectivity index (χ0) is 25.3. The SMILES string of the molecule is O=C(O)CC(NC(=O)C1CCCN1)C(=O)NC(CO)C(=O)NC(Cc1ccc(O)cc1)C(=O)O. The van der Waals surface area contributed by atoms with Crippen molar-refractivity contribution in [1.29, 1.82) is 0 Å². The van der Waals surface area contributed by atoms with Crippen molar-refractivity contribution in [2.24, 2.45) is 0 Å². The Morgan fingerprint density at radius 3 is 2.09 bits per heavy atom. The lowest BCUT2D eigenvalue weighted by molar-refractivity contribution is -0.143. The quantitative estimate of drug-likeness (QED) is 0.160. The molecule has 1 fully saturated rings. The average molecular weight is 480 g/mol. The van der Waals surface area contributed by atoms with Crippen LogP contribution in [-0.4, -0.2) is 87.4 Å². The van der Waals surface area contributed by atoms with E-state index in [1.54, 1.807) is 0 Å². The third-order valence-electron chi connectivity index (χ3n) is 5.19. The second-order valence-electron chi connectivity index (χ2n) is 7.82. The molecule has 1 aliphatic heterocycles. The summed E-state index contributed by atoms with van der Waals surface area (Å²) in [5, 5.41) is 47.0. The minimum absolute atomic E-state index is 0.0190. The smallest absolute Gasteiger partial charge is 0.326 e. The van der Waals surface area contributed by atoms with Crippen molar-refractivity contribution in [2.45, 2.75) is 49.9 Å². The molecular weight excluding hydrogens is 452 g/mol. The number of rotatable bonds is 12. The molecule has 0 spiro atoms. The van der Waals surface area contributed by atoms with Crippen molar-refractivity contribution in [3.8, 4) is 5.75 Å². The fraction of sp³-hybridized carbons (Fsp3) is 0.476. The van der Waals surface area contributed by atoms with E-state index in [0.29, 0.717) is 18.5 Å². The number of aliphatic carboxylic acids is 2. The van der Waals surface area contributed by atoms with Crippen LogP contribution < -0.4 is 21.3 Å². The molecule has 4 atom stereocenters. The van der Waals surface area contributed by atoms with Gasteiger partial charge in [-0.3, -0.25) is 19.2 Å². The second-order valence-corrected chi connectivity index (χ2v) is 7.82. The maximum atomic E-state index is 12.6. The summed E-state index contributed by atoms with van der Waals surface area (Å²) in [6, 6.07) is 0.564. The third-order valence-corrected chi connectivity index (χ3v) is 5.19. The maximum absolute atomic E-state index is 12.6. The number of hydrogen-bond acceptors (Lipinski definition) is 8. The van der Waals surface area contributed by atoms with Gasteiger partial charge in [-0.25, -0.2) is 4.79 Å². The van der Waals surface area contributed by atoms with Gasteiger partial charge in [0, 0.05) is 6.42 Å². The number of carboxylic acids is 2. The first kappa shape index (κ1) is 26.5. The molecule has 1 aliphatic rings. The number of aliphatic hydroxyl groups excluding tert-OH is 1. The number of phenolic OH excluding ortho intramolecular Hbond substituents is 1. The van der Waals surface area contributed by atoms with Crippen LogP contribution in [-0.2, 0) is 30.4 Å². The van der Waals surface area contributed by atoms with Crippen molar-refractivity contribution in [3.63, 3.8) is 0 Å². The van der Waals surface area contributed by atoms with Crippen LogP contribution >= 0.6 is 0 Å². The number of nitrogens with one attached hydrogen (secondary N) is 4. The molecule has 0 saturated carbocycles. The Balaban J connectivity index is 2.03. The van der Waals surface area contributed by atoms with E-state index in [0.717, 1.165) is 6.42 Å². The molecule has 1 heterocycles. The van der Waals surface area contributed by atoms with Crippen molar-refractivity contribution in [3.05, 3.63) is 29.8 Å². The molecule has 1 aromatic carbocycles. The number of phenols is 1. The molecule has 1 aromatic rings. The largest absolute Gasteiger partial charge is 0.508 e. The molecule has 4 unspecified atom stereocenters. The van der Waals surface area contributed by atoms with Gasteiger partial charge in [-0.1, -0.05) is 12.1 Å². The molecule has 0 aromatic heterocycles. The summed E-state index contributed by atoms with van der Waals surface area (Å²) in [7, 11) is 0. The second kappa shape index (κ2) is 12.5. The summed E-state index contributed by atoms with van der Waals surface area (Å²) in [6.45, 7) is -0.295. The van der Waals surface area contributed by atoms with Gasteiger partial charge in [0.15, 0.2) is 0 Å². The monoisotopic (exact) mass is 480 g/mol. The Morgan fingerprint density at radius 1 is 0.941 bits per heavy atom. The van der Waals surface area contributed by atoms with Gasteiger partial charge in [0.25, 0.3) is 0 Å². The standard InChI is InChI=1S/C21H28N4O9/c26-10-16(20(32)24-15(21(33)34)8-11-3-5-12(27)6-4-11)25-19(31)14(9-17(28)29)23-18(30)13-2-1-7-22-13/h3-6,13-16,22,26-27H,1-2,7-10H2,(H,23,30)(H,24,32)(H,25,31)(H,28,29)(H,33,34). The van der Waals surface area contributed by atoms with Crippen molar-refractivity contribution >= 4 is 29.7 Å². The highest BCUT2D eigenvalue weighted by Gasteiger charge is 2.32. The fourth-order valence-corrected chi connectivity index (χ4v) is 3.37. The average Bonchev–Trinajstić information content (AvgIpc) is 3.32. The number of carbonyl (C=O) groups is 5. The number of carbonyl (C=O) groups excluding carboxylic acids is 3. The molecule has 0 radical (unpaired) electrons. The van der Waals surface area contributed by atoms with Crippen LogP contribution in [0.5, 0.6) is 5.75 Å².